The van der Waals surface area contributed by atoms with E-state index in [1.807, 2.05) is 45.0 Å². The van der Waals surface area contributed by atoms with Gasteiger partial charge in [0.25, 0.3) is 0 Å². The molecule has 0 saturated carbocycles. The number of halogens is 1. The topological polar surface area (TPSA) is 55.1 Å². The number of nitrogens with one attached hydrogen (secondary N) is 1. The second-order valence-corrected chi connectivity index (χ2v) is 6.03. The lowest BCUT2D eigenvalue weighted by molar-refractivity contribution is -0.125. The van der Waals surface area contributed by atoms with E-state index in [0.717, 1.165) is 24.8 Å². The van der Waals surface area contributed by atoms with Gasteiger partial charge in [0.1, 0.15) is 0 Å². The van der Waals surface area contributed by atoms with Gasteiger partial charge in [0.05, 0.1) is 6.04 Å². The number of benzene rings is 1. The number of rotatable bonds is 7. The van der Waals surface area contributed by atoms with E-state index in [4.69, 9.17) is 17.3 Å². The third kappa shape index (κ3) is 5.93. The van der Waals surface area contributed by atoms with Gasteiger partial charge >= 0.3 is 0 Å². The molecule has 1 aromatic rings. The molecule has 0 bridgehead atoms. The molecule has 0 fully saturated rings. The zero-order valence-electron chi connectivity index (χ0n) is 12.5. The number of carbonyl (C=O) groups excluding carboxylic acids is 1. The van der Waals surface area contributed by atoms with Crippen molar-refractivity contribution >= 4 is 17.5 Å². The molecular formula is C16H25ClN2O. The Morgan fingerprint density at radius 1 is 1.20 bits per heavy atom. The molecule has 1 rings (SSSR count). The molecule has 1 amide bonds. The van der Waals surface area contributed by atoms with Crippen LogP contribution >= 0.6 is 11.6 Å². The second-order valence-electron chi connectivity index (χ2n) is 5.59. The molecule has 0 radical (unpaired) electrons. The number of carbonyl (C=O) groups is 1. The van der Waals surface area contributed by atoms with E-state index in [2.05, 4.69) is 5.32 Å². The molecule has 0 aromatic heterocycles. The monoisotopic (exact) mass is 296 g/mol. The lowest BCUT2D eigenvalue weighted by Gasteiger charge is -2.18. The Morgan fingerprint density at radius 3 is 2.35 bits per heavy atom. The molecule has 1 aromatic carbocycles. The van der Waals surface area contributed by atoms with Crippen LogP contribution in [0.4, 0.5) is 0 Å². The standard InChI is InChI=1S/C16H25ClN2O/c1-11(5-4-6-12(2)18)16(20)19-13(3)14-7-9-15(17)10-8-14/h7-13H,4-6,18H2,1-3H3,(H,19,20)/t11?,12?,13-/m0/s1. The van der Waals surface area contributed by atoms with Crippen molar-refractivity contribution in [3.63, 3.8) is 0 Å². The molecule has 0 spiro atoms. The van der Waals surface area contributed by atoms with Crippen LogP contribution in [0.5, 0.6) is 0 Å². The van der Waals surface area contributed by atoms with Crippen molar-refractivity contribution in [2.24, 2.45) is 11.7 Å². The van der Waals surface area contributed by atoms with Crippen molar-refractivity contribution < 1.29 is 4.79 Å². The minimum absolute atomic E-state index is 0.00403. The van der Waals surface area contributed by atoms with E-state index in [0.29, 0.717) is 5.02 Å². The quantitative estimate of drug-likeness (QED) is 0.806. The summed E-state index contributed by atoms with van der Waals surface area (Å²) in [6.45, 7) is 5.94. The Hall–Kier alpha value is -1.06. The average molecular weight is 297 g/mol. The van der Waals surface area contributed by atoms with Crippen LogP contribution in [0.2, 0.25) is 5.02 Å². The Kier molecular flexibility index (Phi) is 7.03. The van der Waals surface area contributed by atoms with Crippen LogP contribution in [0.3, 0.4) is 0 Å². The maximum absolute atomic E-state index is 12.1. The van der Waals surface area contributed by atoms with Crippen LogP contribution in [0.25, 0.3) is 0 Å². The predicted molar refractivity (Wildman–Crippen MR) is 84.7 cm³/mol. The van der Waals surface area contributed by atoms with Gasteiger partial charge in [-0.15, -0.1) is 0 Å². The maximum atomic E-state index is 12.1. The average Bonchev–Trinajstić information content (AvgIpc) is 2.38. The van der Waals surface area contributed by atoms with Crippen LogP contribution in [0, 0.1) is 5.92 Å². The smallest absolute Gasteiger partial charge is 0.223 e. The first-order valence-electron chi connectivity index (χ1n) is 7.21. The highest BCUT2D eigenvalue weighted by Gasteiger charge is 2.16. The van der Waals surface area contributed by atoms with Crippen molar-refractivity contribution in [1.82, 2.24) is 5.32 Å². The van der Waals surface area contributed by atoms with Gasteiger partial charge < -0.3 is 11.1 Å². The molecule has 0 aliphatic rings. The minimum Gasteiger partial charge on any atom is -0.349 e. The summed E-state index contributed by atoms with van der Waals surface area (Å²) in [5, 5.41) is 3.75. The van der Waals surface area contributed by atoms with E-state index in [1.54, 1.807) is 0 Å². The molecule has 4 heteroatoms. The SMILES string of the molecule is CC(N)CCCC(C)C(=O)N[C@@H](C)c1ccc(Cl)cc1. The Labute approximate surface area is 126 Å². The summed E-state index contributed by atoms with van der Waals surface area (Å²) < 4.78 is 0. The molecule has 0 aliphatic heterocycles. The van der Waals surface area contributed by atoms with E-state index >= 15 is 0 Å². The molecule has 3 nitrogen and oxygen atoms in total. The molecule has 0 heterocycles. The van der Waals surface area contributed by atoms with Crippen LogP contribution in [-0.4, -0.2) is 11.9 Å². The Balaban J connectivity index is 2.42. The molecule has 2 unspecified atom stereocenters. The zero-order chi connectivity index (χ0) is 15.1. The van der Waals surface area contributed by atoms with Crippen molar-refractivity contribution in [2.75, 3.05) is 0 Å². The number of nitrogens with two attached hydrogens (primary N) is 1. The van der Waals surface area contributed by atoms with Crippen LogP contribution in [0.15, 0.2) is 24.3 Å². The van der Waals surface area contributed by atoms with Crippen LogP contribution in [-0.2, 0) is 4.79 Å². The highest BCUT2D eigenvalue weighted by Crippen LogP contribution is 2.17. The molecule has 3 atom stereocenters. The van der Waals surface area contributed by atoms with Crippen molar-refractivity contribution in [1.29, 1.82) is 0 Å². The lowest BCUT2D eigenvalue weighted by atomic mass is 10.0. The molecule has 0 saturated heterocycles. The Morgan fingerprint density at radius 2 is 1.80 bits per heavy atom. The number of hydrogen-bond donors (Lipinski definition) is 2. The maximum Gasteiger partial charge on any atom is 0.223 e. The van der Waals surface area contributed by atoms with Gasteiger partial charge in [-0.25, -0.2) is 0 Å². The van der Waals surface area contributed by atoms with Crippen molar-refractivity contribution in [3.8, 4) is 0 Å². The second kappa shape index (κ2) is 8.28. The van der Waals surface area contributed by atoms with Crippen LogP contribution < -0.4 is 11.1 Å². The van der Waals surface area contributed by atoms with E-state index in [1.165, 1.54) is 0 Å². The van der Waals surface area contributed by atoms with Gasteiger partial charge in [0, 0.05) is 17.0 Å². The fourth-order valence-electron chi connectivity index (χ4n) is 2.07. The van der Waals surface area contributed by atoms with E-state index < -0.39 is 0 Å². The minimum atomic E-state index is -0.00403. The molecule has 3 N–H and O–H groups in total. The summed E-state index contributed by atoms with van der Waals surface area (Å²) in [5.74, 6) is 0.112. The molecule has 20 heavy (non-hydrogen) atoms. The first-order valence-corrected chi connectivity index (χ1v) is 7.59. The van der Waals surface area contributed by atoms with Gasteiger partial charge in [0.15, 0.2) is 0 Å². The lowest BCUT2D eigenvalue weighted by Crippen LogP contribution is -2.31. The summed E-state index contributed by atoms with van der Waals surface area (Å²) in [6.07, 6.45) is 2.83. The van der Waals surface area contributed by atoms with Crippen molar-refractivity contribution in [2.45, 2.75) is 52.1 Å². The summed E-state index contributed by atoms with van der Waals surface area (Å²) >= 11 is 5.86. The third-order valence-corrected chi connectivity index (χ3v) is 3.72. The van der Waals surface area contributed by atoms with Gasteiger partial charge in [-0.2, -0.15) is 0 Å². The summed E-state index contributed by atoms with van der Waals surface area (Å²) in [4.78, 5) is 12.1. The largest absolute Gasteiger partial charge is 0.349 e. The molecule has 0 aliphatic carbocycles. The van der Waals surface area contributed by atoms with Gasteiger partial charge in [-0.3, -0.25) is 4.79 Å². The number of amides is 1. The molecular weight excluding hydrogens is 272 g/mol. The first kappa shape index (κ1) is 17.0. The third-order valence-electron chi connectivity index (χ3n) is 3.47. The van der Waals surface area contributed by atoms with Gasteiger partial charge in [0.2, 0.25) is 5.91 Å². The van der Waals surface area contributed by atoms with E-state index in [-0.39, 0.29) is 23.9 Å². The van der Waals surface area contributed by atoms with Crippen molar-refractivity contribution in [3.05, 3.63) is 34.9 Å². The molecule has 112 valence electrons. The highest BCUT2D eigenvalue weighted by atomic mass is 35.5. The zero-order valence-corrected chi connectivity index (χ0v) is 13.3. The normalized spacial score (nSPS) is 15.4. The summed E-state index contributed by atoms with van der Waals surface area (Å²) in [7, 11) is 0. The summed E-state index contributed by atoms with van der Waals surface area (Å²) in [5.41, 5.74) is 6.77. The van der Waals surface area contributed by atoms with Gasteiger partial charge in [-0.1, -0.05) is 37.1 Å². The van der Waals surface area contributed by atoms with Crippen LogP contribution in [0.1, 0.15) is 51.6 Å². The highest BCUT2D eigenvalue weighted by molar-refractivity contribution is 6.30. The summed E-state index contributed by atoms with van der Waals surface area (Å²) in [6, 6.07) is 7.76. The first-order chi connectivity index (χ1) is 9.40. The van der Waals surface area contributed by atoms with Gasteiger partial charge in [-0.05, 0) is 44.4 Å². The predicted octanol–water partition coefficient (Wildman–Crippen LogP) is 3.67. The fraction of sp³-hybridized carbons (Fsp3) is 0.562. The Bertz CT molecular complexity index is 417. The van der Waals surface area contributed by atoms with E-state index in [9.17, 15) is 4.79 Å². The fourth-order valence-corrected chi connectivity index (χ4v) is 2.19. The number of hydrogen-bond acceptors (Lipinski definition) is 2.